The van der Waals surface area contributed by atoms with Crippen molar-refractivity contribution in [1.82, 2.24) is 0 Å². The van der Waals surface area contributed by atoms with Crippen LogP contribution in [-0.2, 0) is 19.1 Å². The average Bonchev–Trinajstić information content (AvgIpc) is 2.39. The number of esters is 1. The summed E-state index contributed by atoms with van der Waals surface area (Å²) in [6.45, 7) is 5.82. The van der Waals surface area contributed by atoms with Crippen LogP contribution in [0.4, 0.5) is 0 Å². The highest BCUT2D eigenvalue weighted by molar-refractivity contribution is 6.03. The van der Waals surface area contributed by atoms with Crippen molar-refractivity contribution in [2.75, 3.05) is 13.7 Å². The molecule has 4 nitrogen and oxygen atoms in total. The van der Waals surface area contributed by atoms with Crippen molar-refractivity contribution in [3.63, 3.8) is 0 Å². The summed E-state index contributed by atoms with van der Waals surface area (Å²) in [5.41, 5.74) is -0.778. The molecule has 0 spiro atoms. The number of carbonyl (C=O) groups is 2. The van der Waals surface area contributed by atoms with E-state index in [1.165, 1.54) is 0 Å². The van der Waals surface area contributed by atoms with E-state index in [0.29, 0.717) is 19.4 Å². The second-order valence-corrected chi connectivity index (χ2v) is 5.60. The van der Waals surface area contributed by atoms with E-state index in [1.54, 1.807) is 14.0 Å². The molecule has 1 atom stereocenters. The van der Waals surface area contributed by atoms with Crippen LogP contribution in [0.1, 0.15) is 52.9 Å². The first-order valence-electron chi connectivity index (χ1n) is 7.24. The largest absolute Gasteiger partial charge is 0.465 e. The molecule has 1 rings (SSSR count). The van der Waals surface area contributed by atoms with Crippen LogP contribution in [0, 0.1) is 11.8 Å². The lowest BCUT2D eigenvalue weighted by Crippen LogP contribution is -2.49. The topological polar surface area (TPSA) is 52.6 Å². The van der Waals surface area contributed by atoms with E-state index >= 15 is 0 Å². The van der Waals surface area contributed by atoms with Crippen molar-refractivity contribution in [3.05, 3.63) is 0 Å². The number of methoxy groups -OCH3 is 1. The summed E-state index contributed by atoms with van der Waals surface area (Å²) < 4.78 is 10.6. The molecule has 0 aromatic rings. The number of rotatable bonds is 6. The van der Waals surface area contributed by atoms with Crippen molar-refractivity contribution in [3.8, 4) is 0 Å². The zero-order chi connectivity index (χ0) is 14.5. The van der Waals surface area contributed by atoms with E-state index in [2.05, 4.69) is 0 Å². The van der Waals surface area contributed by atoms with Gasteiger partial charge in [-0.05, 0) is 25.7 Å². The van der Waals surface area contributed by atoms with Gasteiger partial charge in [0.25, 0.3) is 0 Å². The van der Waals surface area contributed by atoms with Gasteiger partial charge in [-0.1, -0.05) is 33.1 Å². The van der Waals surface area contributed by atoms with Gasteiger partial charge in [-0.15, -0.1) is 0 Å². The molecular formula is C15H26O4. The highest BCUT2D eigenvalue weighted by Gasteiger charge is 2.46. The van der Waals surface area contributed by atoms with Crippen molar-refractivity contribution in [2.24, 2.45) is 11.8 Å². The lowest BCUT2D eigenvalue weighted by Gasteiger charge is -2.37. The predicted octanol–water partition coefficient (Wildman–Crippen LogP) is 2.74. The third-order valence-corrected chi connectivity index (χ3v) is 3.99. The molecule has 0 aliphatic heterocycles. The van der Waals surface area contributed by atoms with Crippen LogP contribution in [0.3, 0.4) is 0 Å². The van der Waals surface area contributed by atoms with Crippen molar-refractivity contribution >= 4 is 11.8 Å². The summed E-state index contributed by atoms with van der Waals surface area (Å²) in [4.78, 5) is 24.8. The van der Waals surface area contributed by atoms with Crippen LogP contribution in [0.25, 0.3) is 0 Å². The monoisotopic (exact) mass is 270 g/mol. The van der Waals surface area contributed by atoms with E-state index < -0.39 is 17.5 Å². The van der Waals surface area contributed by atoms with E-state index in [-0.39, 0.29) is 11.7 Å². The zero-order valence-electron chi connectivity index (χ0n) is 12.5. The first kappa shape index (κ1) is 16.2. The van der Waals surface area contributed by atoms with E-state index in [4.69, 9.17) is 9.47 Å². The molecule has 0 aromatic heterocycles. The summed E-state index contributed by atoms with van der Waals surface area (Å²) in [6, 6.07) is 0. The van der Waals surface area contributed by atoms with Gasteiger partial charge in [-0.3, -0.25) is 9.59 Å². The number of carbonyl (C=O) groups excluding carboxylic acids is 2. The lowest BCUT2D eigenvalue weighted by atomic mass is 9.74. The molecule has 4 heteroatoms. The third kappa shape index (κ3) is 3.56. The predicted molar refractivity (Wildman–Crippen MR) is 72.8 cm³/mol. The second kappa shape index (κ2) is 7.04. The van der Waals surface area contributed by atoms with Crippen LogP contribution in [0.2, 0.25) is 0 Å². The maximum Gasteiger partial charge on any atom is 0.316 e. The lowest BCUT2D eigenvalue weighted by molar-refractivity contribution is -0.164. The second-order valence-electron chi connectivity index (χ2n) is 5.60. The zero-order valence-corrected chi connectivity index (χ0v) is 12.5. The highest BCUT2D eigenvalue weighted by Crippen LogP contribution is 2.35. The molecular weight excluding hydrogens is 244 g/mol. The Morgan fingerprint density at radius 3 is 2.16 bits per heavy atom. The van der Waals surface area contributed by atoms with Gasteiger partial charge in [0.2, 0.25) is 0 Å². The molecule has 0 radical (unpaired) electrons. The van der Waals surface area contributed by atoms with Crippen molar-refractivity contribution in [2.45, 2.75) is 58.5 Å². The number of ether oxygens (including phenoxy) is 2. The number of Topliss-reactive ketones (excluding diaryl/α,β-unsaturated/α-hetero) is 1. The quantitative estimate of drug-likeness (QED) is 0.550. The molecule has 1 aliphatic carbocycles. The molecule has 1 unspecified atom stereocenters. The molecule has 0 bridgehead atoms. The average molecular weight is 270 g/mol. The van der Waals surface area contributed by atoms with E-state index in [1.807, 2.05) is 13.8 Å². The third-order valence-electron chi connectivity index (χ3n) is 3.99. The van der Waals surface area contributed by atoms with Crippen LogP contribution in [0.15, 0.2) is 0 Å². The summed E-state index contributed by atoms with van der Waals surface area (Å²) >= 11 is 0. The summed E-state index contributed by atoms with van der Waals surface area (Å²) in [5, 5.41) is 0. The SMILES string of the molecule is CCOC(=O)C(C(=O)C1(OC)CCCCC1)C(C)C. The van der Waals surface area contributed by atoms with E-state index in [0.717, 1.165) is 19.3 Å². The van der Waals surface area contributed by atoms with Gasteiger partial charge in [0, 0.05) is 7.11 Å². The molecule has 0 heterocycles. The Labute approximate surface area is 115 Å². The van der Waals surface area contributed by atoms with Crippen LogP contribution >= 0.6 is 0 Å². The van der Waals surface area contributed by atoms with Crippen LogP contribution in [-0.4, -0.2) is 31.1 Å². The van der Waals surface area contributed by atoms with Gasteiger partial charge in [0.05, 0.1) is 6.61 Å². The minimum atomic E-state index is -0.778. The van der Waals surface area contributed by atoms with Crippen LogP contribution < -0.4 is 0 Å². The van der Waals surface area contributed by atoms with Crippen molar-refractivity contribution in [1.29, 1.82) is 0 Å². The molecule has 1 aliphatic rings. The van der Waals surface area contributed by atoms with Gasteiger partial charge in [-0.25, -0.2) is 0 Å². The fourth-order valence-electron chi connectivity index (χ4n) is 2.87. The standard InChI is InChI=1S/C15H26O4/c1-5-19-14(17)12(11(2)3)13(16)15(18-4)9-7-6-8-10-15/h11-12H,5-10H2,1-4H3. The number of ketones is 1. The fourth-order valence-corrected chi connectivity index (χ4v) is 2.87. The fraction of sp³-hybridized carbons (Fsp3) is 0.867. The Morgan fingerprint density at radius 1 is 1.16 bits per heavy atom. The highest BCUT2D eigenvalue weighted by atomic mass is 16.5. The Kier molecular flexibility index (Phi) is 5.98. The minimum absolute atomic E-state index is 0.0690. The number of hydrogen-bond donors (Lipinski definition) is 0. The van der Waals surface area contributed by atoms with Gasteiger partial charge in [-0.2, -0.15) is 0 Å². The van der Waals surface area contributed by atoms with Crippen LogP contribution in [0.5, 0.6) is 0 Å². The van der Waals surface area contributed by atoms with Gasteiger partial charge in [0.1, 0.15) is 11.5 Å². The van der Waals surface area contributed by atoms with E-state index in [9.17, 15) is 9.59 Å². The van der Waals surface area contributed by atoms with Gasteiger partial charge < -0.3 is 9.47 Å². The first-order chi connectivity index (χ1) is 8.98. The molecule has 19 heavy (non-hydrogen) atoms. The Bertz CT molecular complexity index is 316. The molecule has 0 aromatic carbocycles. The Morgan fingerprint density at radius 2 is 1.74 bits per heavy atom. The summed E-state index contributed by atoms with van der Waals surface area (Å²) in [5.74, 6) is -1.29. The summed E-state index contributed by atoms with van der Waals surface area (Å²) in [7, 11) is 1.58. The van der Waals surface area contributed by atoms with Crippen molar-refractivity contribution < 1.29 is 19.1 Å². The molecule has 1 fully saturated rings. The first-order valence-corrected chi connectivity index (χ1v) is 7.24. The van der Waals surface area contributed by atoms with Gasteiger partial charge >= 0.3 is 5.97 Å². The smallest absolute Gasteiger partial charge is 0.316 e. The normalized spacial score (nSPS) is 20.1. The molecule has 0 N–H and O–H groups in total. The maximum atomic E-state index is 12.8. The summed E-state index contributed by atoms with van der Waals surface area (Å²) in [6.07, 6.45) is 4.51. The Hall–Kier alpha value is -0.900. The maximum absolute atomic E-state index is 12.8. The molecule has 110 valence electrons. The molecule has 0 amide bonds. The minimum Gasteiger partial charge on any atom is -0.465 e. The van der Waals surface area contributed by atoms with Gasteiger partial charge in [0.15, 0.2) is 5.78 Å². The molecule has 1 saturated carbocycles. The number of hydrogen-bond acceptors (Lipinski definition) is 4. The Balaban J connectivity index is 2.94. The molecule has 0 saturated heterocycles.